The number of aliphatic carboxylic acids is 1. The van der Waals surface area contributed by atoms with Crippen molar-refractivity contribution in [1.82, 2.24) is 25.0 Å². The Hall–Kier alpha value is -4.50. The van der Waals surface area contributed by atoms with Crippen LogP contribution in [0.25, 0.3) is 10.9 Å². The van der Waals surface area contributed by atoms with Gasteiger partial charge in [0.25, 0.3) is 11.8 Å². The van der Waals surface area contributed by atoms with Crippen LogP contribution in [-0.2, 0) is 19.1 Å². The van der Waals surface area contributed by atoms with Crippen molar-refractivity contribution >= 4 is 40.7 Å². The molecule has 1 aromatic heterocycles. The number of pyridine rings is 1. The minimum absolute atomic E-state index is 0.0300. The molecule has 0 saturated carbocycles. The molecular weight excluding hydrogens is 566 g/mol. The molecule has 3 heterocycles. The number of fused-ring (bicyclic) bond motifs is 1. The molecule has 1 aromatic carbocycles. The highest BCUT2D eigenvalue weighted by atomic mass is 16.6. The number of para-hydroxylation sites is 1. The van der Waals surface area contributed by atoms with Crippen molar-refractivity contribution in [3.63, 3.8) is 0 Å². The van der Waals surface area contributed by atoms with Crippen LogP contribution in [0.3, 0.4) is 0 Å². The Morgan fingerprint density at radius 2 is 1.65 bits per heavy atom. The fourth-order valence-electron chi connectivity index (χ4n) is 4.89. The molecule has 0 spiro atoms. The summed E-state index contributed by atoms with van der Waals surface area (Å²) >= 11 is 0. The summed E-state index contributed by atoms with van der Waals surface area (Å²) in [5.74, 6) is -2.67. The van der Waals surface area contributed by atoms with Crippen LogP contribution < -0.4 is 10.1 Å². The Morgan fingerprint density at radius 3 is 2.30 bits per heavy atom. The lowest BCUT2D eigenvalue weighted by molar-refractivity contribution is -0.138. The summed E-state index contributed by atoms with van der Waals surface area (Å²) in [5, 5.41) is 31.8. The second kappa shape index (κ2) is 14.1. The summed E-state index contributed by atoms with van der Waals surface area (Å²) in [7, 11) is 0. The number of ether oxygens (including phenoxy) is 2. The van der Waals surface area contributed by atoms with Crippen LogP contribution in [0, 0.1) is 0 Å². The second-order valence-corrected chi connectivity index (χ2v) is 10.2. The van der Waals surface area contributed by atoms with Crippen LogP contribution in [-0.4, -0.2) is 136 Å². The SMILES string of the molecule is CCOC(=O)N1CCN(C(=O)[C@H](CCC(=O)O)NC(=O)c2cc(OCC(=O)N3C[C@H](O)[C@@H](O)C3)c3ccccc3n2)CC1. The largest absolute Gasteiger partial charge is 0.483 e. The van der Waals surface area contributed by atoms with E-state index in [4.69, 9.17) is 9.47 Å². The van der Waals surface area contributed by atoms with E-state index in [1.807, 2.05) is 0 Å². The van der Waals surface area contributed by atoms with Gasteiger partial charge in [0, 0.05) is 57.1 Å². The lowest BCUT2D eigenvalue weighted by atomic mass is 10.1. The normalized spacial score (nSPS) is 19.2. The van der Waals surface area contributed by atoms with Crippen LogP contribution in [0.1, 0.15) is 30.3 Å². The number of hydrogen-bond donors (Lipinski definition) is 4. The number of carbonyl (C=O) groups excluding carboxylic acids is 4. The molecule has 43 heavy (non-hydrogen) atoms. The first kappa shape index (κ1) is 31.4. The molecule has 2 aromatic rings. The van der Waals surface area contributed by atoms with Gasteiger partial charge in [-0.15, -0.1) is 0 Å². The molecule has 3 atom stereocenters. The number of aliphatic hydroxyl groups excluding tert-OH is 2. The first-order valence-corrected chi connectivity index (χ1v) is 14.0. The standard InChI is InChI=1S/C28H35N5O10/c1-2-42-28(41)32-11-9-31(10-12-32)27(40)19(7-8-25(37)38)30-26(39)20-13-23(17-5-3-4-6-18(17)29-20)43-16-24(36)33-14-21(34)22(35)15-33/h3-6,13,19,21-22,34-35H,2,7-12,14-16H2,1H3,(H,30,39)(H,37,38)/t19-,21-,22-/m0/s1. The third-order valence-electron chi connectivity index (χ3n) is 7.24. The Kier molecular flexibility index (Phi) is 10.3. The minimum atomic E-state index is -1.18. The highest BCUT2D eigenvalue weighted by molar-refractivity contribution is 5.99. The van der Waals surface area contributed by atoms with E-state index in [0.717, 1.165) is 0 Å². The van der Waals surface area contributed by atoms with E-state index in [1.165, 1.54) is 20.8 Å². The number of benzene rings is 1. The Balaban J connectivity index is 1.48. The van der Waals surface area contributed by atoms with Crippen LogP contribution in [0.2, 0.25) is 0 Å². The summed E-state index contributed by atoms with van der Waals surface area (Å²) in [5.41, 5.74) is 0.265. The predicted molar refractivity (Wildman–Crippen MR) is 149 cm³/mol. The van der Waals surface area contributed by atoms with Gasteiger partial charge in [0.2, 0.25) is 5.91 Å². The van der Waals surface area contributed by atoms with Crippen molar-refractivity contribution in [2.45, 2.75) is 38.0 Å². The number of β-amino-alcohol motifs (C(OH)–C–C–N with tert-alkyl or cyclic N) is 2. The number of piperazine rings is 1. The molecule has 0 bridgehead atoms. The number of carboxylic acid groups (broad SMARTS) is 1. The maximum Gasteiger partial charge on any atom is 0.409 e. The highest BCUT2D eigenvalue weighted by Gasteiger charge is 2.33. The number of hydrogen-bond acceptors (Lipinski definition) is 10. The van der Waals surface area contributed by atoms with Gasteiger partial charge < -0.3 is 44.8 Å². The van der Waals surface area contributed by atoms with Crippen LogP contribution >= 0.6 is 0 Å². The van der Waals surface area contributed by atoms with Crippen molar-refractivity contribution in [3.8, 4) is 5.75 Å². The van der Waals surface area contributed by atoms with Crippen LogP contribution in [0.5, 0.6) is 5.75 Å². The predicted octanol–water partition coefficient (Wildman–Crippen LogP) is -0.558. The number of rotatable bonds is 10. The third-order valence-corrected chi connectivity index (χ3v) is 7.24. The molecule has 232 valence electrons. The molecular formula is C28H35N5O10. The smallest absolute Gasteiger partial charge is 0.409 e. The van der Waals surface area contributed by atoms with E-state index in [0.29, 0.717) is 10.9 Å². The first-order valence-electron chi connectivity index (χ1n) is 14.0. The summed E-state index contributed by atoms with van der Waals surface area (Å²) in [4.78, 5) is 71.2. The van der Waals surface area contributed by atoms with E-state index in [9.17, 15) is 39.3 Å². The molecule has 2 aliphatic heterocycles. The first-order chi connectivity index (χ1) is 20.6. The maximum absolute atomic E-state index is 13.4. The zero-order valence-electron chi connectivity index (χ0n) is 23.7. The van der Waals surface area contributed by atoms with E-state index < -0.39 is 54.6 Å². The van der Waals surface area contributed by atoms with Crippen LogP contribution in [0.15, 0.2) is 30.3 Å². The van der Waals surface area contributed by atoms with Crippen molar-refractivity contribution in [1.29, 1.82) is 0 Å². The van der Waals surface area contributed by atoms with Gasteiger partial charge in [0.05, 0.1) is 24.3 Å². The molecule has 4 amide bonds. The molecule has 15 nitrogen and oxygen atoms in total. The lowest BCUT2D eigenvalue weighted by Crippen LogP contribution is -2.56. The van der Waals surface area contributed by atoms with Gasteiger partial charge in [-0.2, -0.15) is 0 Å². The van der Waals surface area contributed by atoms with Gasteiger partial charge in [-0.1, -0.05) is 12.1 Å². The molecule has 15 heteroatoms. The summed E-state index contributed by atoms with van der Waals surface area (Å²) in [6.45, 7) is 2.25. The van der Waals surface area contributed by atoms with Gasteiger partial charge in [0.1, 0.15) is 17.5 Å². The summed E-state index contributed by atoms with van der Waals surface area (Å²) < 4.78 is 10.8. The fraction of sp³-hybridized carbons (Fsp3) is 0.500. The molecule has 2 fully saturated rings. The van der Waals surface area contributed by atoms with Crippen LogP contribution in [0.4, 0.5) is 4.79 Å². The summed E-state index contributed by atoms with van der Waals surface area (Å²) in [6.07, 6.45) is -3.11. The molecule has 2 aliphatic rings. The van der Waals surface area contributed by atoms with Gasteiger partial charge >= 0.3 is 12.1 Å². The topological polar surface area (TPSA) is 199 Å². The quantitative estimate of drug-likeness (QED) is 0.272. The summed E-state index contributed by atoms with van der Waals surface area (Å²) in [6, 6.07) is 6.93. The van der Waals surface area contributed by atoms with Gasteiger partial charge in [-0.05, 0) is 25.5 Å². The zero-order chi connectivity index (χ0) is 31.1. The average molecular weight is 602 g/mol. The van der Waals surface area contributed by atoms with Gasteiger partial charge in [-0.25, -0.2) is 9.78 Å². The van der Waals surface area contributed by atoms with Gasteiger partial charge in [-0.3, -0.25) is 19.2 Å². The number of aromatic nitrogens is 1. The minimum Gasteiger partial charge on any atom is -0.483 e. The number of carboxylic acids is 1. The average Bonchev–Trinajstić information content (AvgIpc) is 3.34. The highest BCUT2D eigenvalue weighted by Crippen LogP contribution is 2.26. The Labute approximate surface area is 247 Å². The van der Waals surface area contributed by atoms with Crippen molar-refractivity contribution in [3.05, 3.63) is 36.0 Å². The molecule has 4 rings (SSSR count). The van der Waals surface area contributed by atoms with Crippen molar-refractivity contribution in [2.24, 2.45) is 0 Å². The zero-order valence-corrected chi connectivity index (χ0v) is 23.7. The second-order valence-electron chi connectivity index (χ2n) is 10.2. The molecule has 0 aliphatic carbocycles. The maximum atomic E-state index is 13.4. The number of nitrogens with zero attached hydrogens (tertiary/aromatic N) is 4. The lowest BCUT2D eigenvalue weighted by Gasteiger charge is -2.35. The Bertz CT molecular complexity index is 1350. The molecule has 0 unspecified atom stereocenters. The fourth-order valence-corrected chi connectivity index (χ4v) is 4.89. The number of amides is 4. The molecule has 4 N–H and O–H groups in total. The van der Waals surface area contributed by atoms with Crippen molar-refractivity contribution < 1.29 is 48.8 Å². The van der Waals surface area contributed by atoms with Crippen molar-refractivity contribution in [2.75, 3.05) is 52.5 Å². The van der Waals surface area contributed by atoms with E-state index in [1.54, 1.807) is 31.2 Å². The number of nitrogens with one attached hydrogen (secondary N) is 1. The van der Waals surface area contributed by atoms with Gasteiger partial charge in [0.15, 0.2) is 6.61 Å². The number of likely N-dealkylation sites (tertiary alicyclic amines) is 1. The third kappa shape index (κ3) is 7.87. The number of aliphatic hydroxyl groups is 2. The Morgan fingerprint density at radius 1 is 1.00 bits per heavy atom. The van der Waals surface area contributed by atoms with E-state index in [2.05, 4.69) is 10.3 Å². The van der Waals surface area contributed by atoms with E-state index in [-0.39, 0.29) is 70.2 Å². The monoisotopic (exact) mass is 601 g/mol. The molecule has 0 radical (unpaired) electrons. The number of carbonyl (C=O) groups is 5. The molecule has 2 saturated heterocycles. The van der Waals surface area contributed by atoms with E-state index >= 15 is 0 Å².